The molecule has 0 saturated heterocycles. The summed E-state index contributed by atoms with van der Waals surface area (Å²) in [7, 11) is -6.99. The van der Waals surface area contributed by atoms with Crippen molar-refractivity contribution < 1.29 is 26.3 Å². The number of ether oxygens (including phenoxy) is 2. The van der Waals surface area contributed by atoms with Crippen LogP contribution in [0.5, 0.6) is 11.5 Å². The summed E-state index contributed by atoms with van der Waals surface area (Å²) < 4.78 is 60.7. The summed E-state index contributed by atoms with van der Waals surface area (Å²) in [6.45, 7) is 5.77. The van der Waals surface area contributed by atoms with E-state index >= 15 is 0 Å². The van der Waals surface area contributed by atoms with Gasteiger partial charge in [0.2, 0.25) is 9.84 Å². The fourth-order valence-corrected chi connectivity index (χ4v) is 6.11. The minimum atomic E-state index is -3.89. The second-order valence-corrected chi connectivity index (χ2v) is 13.3. The lowest BCUT2D eigenvalue weighted by Crippen LogP contribution is -2.20. The van der Waals surface area contributed by atoms with E-state index in [9.17, 15) is 16.8 Å². The zero-order chi connectivity index (χ0) is 24.8. The van der Waals surface area contributed by atoms with E-state index in [1.54, 1.807) is 13.8 Å². The molecule has 0 unspecified atom stereocenters. The molecule has 0 radical (unpaired) electrons. The summed E-state index contributed by atoms with van der Waals surface area (Å²) in [5.41, 5.74) is 0. The summed E-state index contributed by atoms with van der Waals surface area (Å²) >= 11 is 18.2. The molecule has 2 rings (SSSR count). The van der Waals surface area contributed by atoms with Gasteiger partial charge in [-0.15, -0.1) is 11.6 Å². The van der Waals surface area contributed by atoms with Crippen LogP contribution in [0.1, 0.15) is 20.8 Å². The normalized spacial score (nSPS) is 14.0. The first-order valence-electron chi connectivity index (χ1n) is 10.3. The van der Waals surface area contributed by atoms with Crippen LogP contribution in [0, 0.1) is 11.8 Å². The van der Waals surface area contributed by atoms with Crippen molar-refractivity contribution in [2.75, 3.05) is 30.6 Å². The van der Waals surface area contributed by atoms with Crippen molar-refractivity contribution in [1.29, 1.82) is 0 Å². The zero-order valence-electron chi connectivity index (χ0n) is 18.6. The molecule has 0 aliphatic carbocycles. The van der Waals surface area contributed by atoms with Crippen molar-refractivity contribution in [3.8, 4) is 11.5 Å². The van der Waals surface area contributed by atoms with Gasteiger partial charge in [0.05, 0.1) is 38.8 Å². The van der Waals surface area contributed by atoms with Crippen LogP contribution >= 0.6 is 34.8 Å². The van der Waals surface area contributed by atoms with E-state index in [2.05, 4.69) is 0 Å². The molecule has 0 amide bonds. The third-order valence-electron chi connectivity index (χ3n) is 4.70. The Morgan fingerprint density at radius 3 is 1.91 bits per heavy atom. The third kappa shape index (κ3) is 7.92. The van der Waals surface area contributed by atoms with Gasteiger partial charge in [0.25, 0.3) is 0 Å². The van der Waals surface area contributed by atoms with E-state index in [4.69, 9.17) is 44.3 Å². The van der Waals surface area contributed by atoms with Crippen molar-refractivity contribution in [3.63, 3.8) is 0 Å². The number of alkyl halides is 1. The lowest BCUT2D eigenvalue weighted by molar-refractivity contribution is 0.271. The molecule has 0 bridgehead atoms. The Bertz CT molecular complexity index is 1130. The van der Waals surface area contributed by atoms with Gasteiger partial charge in [-0.3, -0.25) is 0 Å². The van der Waals surface area contributed by atoms with Gasteiger partial charge in [-0.25, -0.2) is 16.8 Å². The zero-order valence-corrected chi connectivity index (χ0v) is 22.5. The van der Waals surface area contributed by atoms with Crippen molar-refractivity contribution in [3.05, 3.63) is 46.4 Å². The molecule has 33 heavy (non-hydrogen) atoms. The maximum absolute atomic E-state index is 13.0. The fourth-order valence-electron chi connectivity index (χ4n) is 2.79. The van der Waals surface area contributed by atoms with Crippen LogP contribution in [0.15, 0.2) is 46.2 Å². The number of hydrogen-bond donors (Lipinski definition) is 0. The average molecular weight is 558 g/mol. The van der Waals surface area contributed by atoms with Crippen molar-refractivity contribution in [2.24, 2.45) is 11.8 Å². The molecule has 0 N–H and O–H groups in total. The SMILES string of the molecule is CCS(=O)(=O)C[C@H](C)COc1ccc(S(=O)(=O)c2cc(Cl)c(OC[C@@H](C)CCl)c(Cl)c2)cc1. The molecule has 2 aromatic rings. The van der Waals surface area contributed by atoms with Crippen LogP contribution in [0.2, 0.25) is 10.0 Å². The summed E-state index contributed by atoms with van der Waals surface area (Å²) in [6, 6.07) is 8.44. The highest BCUT2D eigenvalue weighted by Crippen LogP contribution is 2.37. The monoisotopic (exact) mass is 556 g/mol. The standard InChI is InChI=1S/C22H27Cl3O6S2/c1-4-32(26,27)14-16(3)13-30-17-5-7-18(8-6-17)33(28,29)19-9-20(24)22(21(25)10-19)31-12-15(2)11-23/h5-10,15-16H,4,11-14H2,1-3H3/t15-,16+/m0/s1. The van der Waals surface area contributed by atoms with Crippen molar-refractivity contribution >= 4 is 54.5 Å². The lowest BCUT2D eigenvalue weighted by Gasteiger charge is -2.15. The molecular weight excluding hydrogens is 531 g/mol. The van der Waals surface area contributed by atoms with Gasteiger partial charge in [0.15, 0.2) is 5.75 Å². The Hall–Kier alpha value is -1.19. The lowest BCUT2D eigenvalue weighted by atomic mass is 10.2. The first-order valence-corrected chi connectivity index (χ1v) is 14.8. The molecule has 2 atom stereocenters. The minimum Gasteiger partial charge on any atom is -0.493 e. The van der Waals surface area contributed by atoms with Crippen molar-refractivity contribution in [2.45, 2.75) is 30.6 Å². The molecule has 0 spiro atoms. The van der Waals surface area contributed by atoms with Gasteiger partial charge in [-0.1, -0.05) is 44.0 Å². The average Bonchev–Trinajstić information content (AvgIpc) is 2.76. The third-order valence-corrected chi connectivity index (χ3v) is 9.50. The van der Waals surface area contributed by atoms with Gasteiger partial charge in [-0.2, -0.15) is 0 Å². The predicted octanol–water partition coefficient (Wildman–Crippen LogP) is 5.53. The molecule has 0 aromatic heterocycles. The summed E-state index contributed by atoms with van der Waals surface area (Å²) in [4.78, 5) is -0.0321. The van der Waals surface area contributed by atoms with E-state index in [1.807, 2.05) is 6.92 Å². The van der Waals surface area contributed by atoms with Crippen molar-refractivity contribution in [1.82, 2.24) is 0 Å². The van der Waals surface area contributed by atoms with Crippen LogP contribution in [0.4, 0.5) is 0 Å². The molecule has 0 heterocycles. The Morgan fingerprint density at radius 1 is 0.848 bits per heavy atom. The van der Waals surface area contributed by atoms with Crippen LogP contribution in [-0.2, 0) is 19.7 Å². The summed E-state index contributed by atoms with van der Waals surface area (Å²) in [6.07, 6.45) is 0. The largest absolute Gasteiger partial charge is 0.493 e. The fraction of sp³-hybridized carbons (Fsp3) is 0.455. The van der Waals surface area contributed by atoms with Gasteiger partial charge in [0, 0.05) is 23.5 Å². The number of sulfone groups is 2. The molecule has 0 saturated carbocycles. The molecule has 0 aliphatic rings. The number of hydrogen-bond acceptors (Lipinski definition) is 6. The Kier molecular flexibility index (Phi) is 10.2. The van der Waals surface area contributed by atoms with Gasteiger partial charge in [-0.05, 0) is 36.4 Å². The minimum absolute atomic E-state index is 0.0297. The highest BCUT2D eigenvalue weighted by Gasteiger charge is 2.22. The summed E-state index contributed by atoms with van der Waals surface area (Å²) in [5, 5.41) is 0.164. The smallest absolute Gasteiger partial charge is 0.206 e. The molecule has 184 valence electrons. The summed E-state index contributed by atoms with van der Waals surface area (Å²) in [5.74, 6) is 1.02. The maximum Gasteiger partial charge on any atom is 0.206 e. The quantitative estimate of drug-likeness (QED) is 0.319. The highest BCUT2D eigenvalue weighted by atomic mass is 35.5. The second kappa shape index (κ2) is 12.0. The maximum atomic E-state index is 13.0. The highest BCUT2D eigenvalue weighted by molar-refractivity contribution is 7.91. The van der Waals surface area contributed by atoms with Gasteiger partial charge >= 0.3 is 0 Å². The van der Waals surface area contributed by atoms with E-state index < -0.39 is 19.7 Å². The molecule has 0 fully saturated rings. The predicted molar refractivity (Wildman–Crippen MR) is 133 cm³/mol. The van der Waals surface area contributed by atoms with Crippen LogP contribution in [0.3, 0.4) is 0 Å². The number of rotatable bonds is 12. The van der Waals surface area contributed by atoms with E-state index in [1.165, 1.54) is 36.4 Å². The Labute approximate surface area is 211 Å². The second-order valence-electron chi connectivity index (χ2n) is 7.88. The topological polar surface area (TPSA) is 86.7 Å². The first-order chi connectivity index (χ1) is 15.4. The van der Waals surface area contributed by atoms with Crippen LogP contribution < -0.4 is 9.47 Å². The number of halogens is 3. The van der Waals surface area contributed by atoms with Crippen LogP contribution in [-0.4, -0.2) is 47.4 Å². The number of benzene rings is 2. The van der Waals surface area contributed by atoms with E-state index in [0.29, 0.717) is 18.2 Å². The first kappa shape index (κ1) is 28.1. The van der Waals surface area contributed by atoms with Gasteiger partial charge in [0.1, 0.15) is 15.6 Å². The Morgan fingerprint density at radius 2 is 1.39 bits per heavy atom. The molecular formula is C22H27Cl3O6S2. The Balaban J connectivity index is 2.14. The van der Waals surface area contributed by atoms with E-state index in [-0.39, 0.29) is 55.5 Å². The molecule has 11 heteroatoms. The van der Waals surface area contributed by atoms with Gasteiger partial charge < -0.3 is 9.47 Å². The molecule has 6 nitrogen and oxygen atoms in total. The molecule has 0 aliphatic heterocycles. The molecule has 2 aromatic carbocycles. The van der Waals surface area contributed by atoms with E-state index in [0.717, 1.165) is 0 Å². The van der Waals surface area contributed by atoms with Crippen LogP contribution in [0.25, 0.3) is 0 Å².